The zero-order valence-electron chi connectivity index (χ0n) is 5.93. The second kappa shape index (κ2) is 2.50. The Kier molecular flexibility index (Phi) is 1.50. The number of hydrogen-bond donors (Lipinski definition) is 0. The molecule has 0 aliphatic rings. The van der Waals surface area contributed by atoms with Gasteiger partial charge in [0.25, 0.3) is 0 Å². The summed E-state index contributed by atoms with van der Waals surface area (Å²) in [5.74, 6) is 0. The summed E-state index contributed by atoms with van der Waals surface area (Å²) in [7, 11) is 0. The minimum Gasteiger partial charge on any atom is -0.285 e. The summed E-state index contributed by atoms with van der Waals surface area (Å²) >= 11 is 1.57. The van der Waals surface area contributed by atoms with Crippen molar-refractivity contribution in [1.29, 1.82) is 0 Å². The zero-order chi connectivity index (χ0) is 7.68. The smallest absolute Gasteiger partial charge is 0.193 e. The molecule has 0 radical (unpaired) electrons. The van der Waals surface area contributed by atoms with Crippen LogP contribution in [-0.2, 0) is 0 Å². The second-order valence-electron chi connectivity index (χ2n) is 2.00. The monoisotopic (exact) mass is 166 g/mol. The van der Waals surface area contributed by atoms with Crippen LogP contribution in [0.4, 0.5) is 0 Å². The van der Waals surface area contributed by atoms with Gasteiger partial charge in [-0.25, -0.2) is 4.98 Å². The van der Waals surface area contributed by atoms with Gasteiger partial charge in [0, 0.05) is 12.4 Å². The highest BCUT2D eigenvalue weighted by atomic mass is 32.2. The normalized spacial score (nSPS) is 10.6. The predicted molar refractivity (Wildman–Crippen MR) is 42.6 cm³/mol. The maximum absolute atomic E-state index is 4.14. The Bertz CT molecular complexity index is 369. The fourth-order valence-electron chi connectivity index (χ4n) is 0.879. The van der Waals surface area contributed by atoms with Gasteiger partial charge < -0.3 is 0 Å². The molecule has 56 valence electrons. The van der Waals surface area contributed by atoms with Crippen LogP contribution in [0.5, 0.6) is 0 Å². The van der Waals surface area contributed by atoms with Crippen molar-refractivity contribution in [3.05, 3.63) is 18.7 Å². The molecular weight excluding hydrogens is 160 g/mol. The lowest BCUT2D eigenvalue weighted by molar-refractivity contribution is 1.03. The molecule has 0 N–H and O–H groups in total. The molecule has 4 nitrogen and oxygen atoms in total. The van der Waals surface area contributed by atoms with Crippen LogP contribution >= 0.6 is 11.8 Å². The summed E-state index contributed by atoms with van der Waals surface area (Å²) in [4.78, 5) is 4.14. The van der Waals surface area contributed by atoms with Crippen molar-refractivity contribution in [2.24, 2.45) is 0 Å². The first-order valence-corrected chi connectivity index (χ1v) is 4.32. The number of fused-ring (bicyclic) bond motifs is 1. The average molecular weight is 166 g/mol. The van der Waals surface area contributed by atoms with Crippen molar-refractivity contribution in [3.8, 4) is 0 Å². The molecule has 0 aliphatic carbocycles. The molecule has 2 aromatic rings. The molecule has 0 aromatic carbocycles. The van der Waals surface area contributed by atoms with Gasteiger partial charge in [0.1, 0.15) is 11.4 Å². The van der Waals surface area contributed by atoms with Gasteiger partial charge in [-0.3, -0.25) is 4.40 Å². The van der Waals surface area contributed by atoms with Crippen LogP contribution < -0.4 is 0 Å². The molecule has 0 saturated heterocycles. The molecule has 2 rings (SSSR count). The first-order valence-electron chi connectivity index (χ1n) is 3.10. The molecule has 2 aromatic heterocycles. The third kappa shape index (κ3) is 0.970. The van der Waals surface area contributed by atoms with E-state index < -0.39 is 0 Å². The van der Waals surface area contributed by atoms with E-state index in [0.717, 1.165) is 10.7 Å². The Hall–Kier alpha value is -1.10. The van der Waals surface area contributed by atoms with E-state index in [1.165, 1.54) is 0 Å². The third-order valence-corrected chi connectivity index (χ3v) is 2.05. The number of rotatable bonds is 1. The summed E-state index contributed by atoms with van der Waals surface area (Å²) in [6.45, 7) is 0. The van der Waals surface area contributed by atoms with Crippen molar-refractivity contribution in [3.63, 3.8) is 0 Å². The third-order valence-electron chi connectivity index (χ3n) is 1.38. The number of aromatic nitrogens is 4. The summed E-state index contributed by atoms with van der Waals surface area (Å²) in [5, 5.41) is 8.60. The van der Waals surface area contributed by atoms with Crippen molar-refractivity contribution >= 4 is 17.4 Å². The van der Waals surface area contributed by atoms with Gasteiger partial charge in [-0.05, 0) is 6.26 Å². The van der Waals surface area contributed by atoms with E-state index in [1.807, 2.05) is 16.9 Å². The van der Waals surface area contributed by atoms with Gasteiger partial charge >= 0.3 is 0 Å². The molecule has 0 bridgehead atoms. The molecule has 0 fully saturated rings. The Labute approximate surface area is 67.7 Å². The fraction of sp³-hybridized carbons (Fsp3) is 0.167. The summed E-state index contributed by atoms with van der Waals surface area (Å²) < 4.78 is 1.85. The molecule has 2 heterocycles. The topological polar surface area (TPSA) is 43.1 Å². The van der Waals surface area contributed by atoms with E-state index in [9.17, 15) is 0 Å². The van der Waals surface area contributed by atoms with Crippen LogP contribution in [0.2, 0.25) is 0 Å². The summed E-state index contributed by atoms with van der Waals surface area (Å²) in [6.07, 6.45) is 7.20. The van der Waals surface area contributed by atoms with Gasteiger partial charge in [-0.1, -0.05) is 0 Å². The van der Waals surface area contributed by atoms with Gasteiger partial charge in [0.2, 0.25) is 0 Å². The Balaban J connectivity index is 2.79. The molecular formula is C6H6N4S. The minimum atomic E-state index is 0.819. The van der Waals surface area contributed by atoms with Crippen LogP contribution in [0.15, 0.2) is 23.7 Å². The fourth-order valence-corrected chi connectivity index (χ4v) is 1.37. The molecule has 0 unspecified atom stereocenters. The maximum Gasteiger partial charge on any atom is 0.193 e. The van der Waals surface area contributed by atoms with Crippen LogP contribution in [-0.4, -0.2) is 25.8 Å². The van der Waals surface area contributed by atoms with E-state index in [0.29, 0.717) is 0 Å². The minimum absolute atomic E-state index is 0.819. The average Bonchev–Trinajstić information content (AvgIpc) is 2.50. The lowest BCUT2D eigenvalue weighted by Crippen LogP contribution is -1.87. The van der Waals surface area contributed by atoms with Crippen molar-refractivity contribution in [2.45, 2.75) is 5.03 Å². The van der Waals surface area contributed by atoms with Gasteiger partial charge in [0.15, 0.2) is 5.65 Å². The zero-order valence-corrected chi connectivity index (χ0v) is 6.75. The highest BCUT2D eigenvalue weighted by Gasteiger charge is 2.00. The highest BCUT2D eigenvalue weighted by molar-refractivity contribution is 7.98. The van der Waals surface area contributed by atoms with Crippen molar-refractivity contribution in [2.75, 3.05) is 6.26 Å². The number of hydrogen-bond acceptors (Lipinski definition) is 4. The summed E-state index contributed by atoms with van der Waals surface area (Å²) in [5.41, 5.74) is 0.819. The standard InChI is InChI=1S/C6H6N4S/c1-11-6-5-9-8-4-10(5)3-2-7-6/h2-4H,1H3. The van der Waals surface area contributed by atoms with E-state index in [-0.39, 0.29) is 0 Å². The highest BCUT2D eigenvalue weighted by Crippen LogP contribution is 2.14. The first-order chi connectivity index (χ1) is 5.42. The van der Waals surface area contributed by atoms with E-state index in [4.69, 9.17) is 0 Å². The van der Waals surface area contributed by atoms with Gasteiger partial charge in [0.05, 0.1) is 0 Å². The Morgan fingerprint density at radius 2 is 2.45 bits per heavy atom. The lowest BCUT2D eigenvalue weighted by Gasteiger charge is -1.94. The molecule has 0 spiro atoms. The quantitative estimate of drug-likeness (QED) is 0.589. The first kappa shape index (κ1) is 6.60. The number of thioether (sulfide) groups is 1. The second-order valence-corrected chi connectivity index (χ2v) is 2.79. The molecule has 0 amide bonds. The molecule has 0 aliphatic heterocycles. The molecule has 11 heavy (non-hydrogen) atoms. The molecule has 0 saturated carbocycles. The molecule has 5 heteroatoms. The van der Waals surface area contributed by atoms with E-state index in [2.05, 4.69) is 15.2 Å². The van der Waals surface area contributed by atoms with Crippen LogP contribution in [0.1, 0.15) is 0 Å². The molecule has 0 atom stereocenters. The lowest BCUT2D eigenvalue weighted by atomic mass is 10.7. The SMILES string of the molecule is CSc1nccn2cnnc12. The largest absolute Gasteiger partial charge is 0.285 e. The van der Waals surface area contributed by atoms with Crippen LogP contribution in [0.25, 0.3) is 5.65 Å². The van der Waals surface area contributed by atoms with E-state index in [1.54, 1.807) is 24.3 Å². The maximum atomic E-state index is 4.14. The van der Waals surface area contributed by atoms with Crippen molar-refractivity contribution < 1.29 is 0 Å². The summed E-state index contributed by atoms with van der Waals surface area (Å²) in [6, 6.07) is 0. The van der Waals surface area contributed by atoms with Gasteiger partial charge in [-0.2, -0.15) is 0 Å². The number of nitrogens with zero attached hydrogens (tertiary/aromatic N) is 4. The van der Waals surface area contributed by atoms with Crippen molar-refractivity contribution in [1.82, 2.24) is 19.6 Å². The Morgan fingerprint density at radius 1 is 1.55 bits per heavy atom. The predicted octanol–water partition coefficient (Wildman–Crippen LogP) is 0.846. The van der Waals surface area contributed by atoms with Crippen LogP contribution in [0, 0.1) is 0 Å². The Morgan fingerprint density at radius 3 is 3.27 bits per heavy atom. The van der Waals surface area contributed by atoms with Crippen LogP contribution in [0.3, 0.4) is 0 Å². The van der Waals surface area contributed by atoms with E-state index >= 15 is 0 Å². The van der Waals surface area contributed by atoms with Gasteiger partial charge in [-0.15, -0.1) is 22.0 Å².